The number of halogens is 3. The molecule has 3 aromatic heterocycles. The lowest BCUT2D eigenvalue weighted by atomic mass is 9.93. The molecule has 0 saturated carbocycles. The van der Waals surface area contributed by atoms with E-state index in [1.807, 2.05) is 37.3 Å². The Kier molecular flexibility index (Phi) is 9.32. The van der Waals surface area contributed by atoms with E-state index >= 15 is 0 Å². The van der Waals surface area contributed by atoms with Crippen LogP contribution in [0.3, 0.4) is 0 Å². The van der Waals surface area contributed by atoms with Gasteiger partial charge in [0.2, 0.25) is 0 Å². The Bertz CT molecular complexity index is 1600. The van der Waals surface area contributed by atoms with E-state index in [9.17, 15) is 8.78 Å². The molecule has 4 rings (SSSR count). The van der Waals surface area contributed by atoms with Crippen molar-refractivity contribution < 1.29 is 8.78 Å². The van der Waals surface area contributed by atoms with Gasteiger partial charge in [-0.25, -0.2) is 13.8 Å². The van der Waals surface area contributed by atoms with Crippen molar-refractivity contribution in [3.05, 3.63) is 105 Å². The van der Waals surface area contributed by atoms with Crippen molar-refractivity contribution >= 4 is 54.1 Å². The van der Waals surface area contributed by atoms with Gasteiger partial charge < -0.3 is 5.41 Å². The highest BCUT2D eigenvalue weighted by Gasteiger charge is 2.19. The van der Waals surface area contributed by atoms with Crippen molar-refractivity contribution in [3.8, 4) is 0 Å². The summed E-state index contributed by atoms with van der Waals surface area (Å²) in [6, 6.07) is 11.4. The Hall–Kier alpha value is -3.34. The molecule has 39 heavy (non-hydrogen) atoms. The molecule has 0 spiro atoms. The van der Waals surface area contributed by atoms with Crippen LogP contribution in [0.1, 0.15) is 55.3 Å². The summed E-state index contributed by atoms with van der Waals surface area (Å²) in [5.41, 5.74) is 6.34. The summed E-state index contributed by atoms with van der Waals surface area (Å²) < 4.78 is 28.9. The number of rotatable bonds is 9. The van der Waals surface area contributed by atoms with E-state index in [0.717, 1.165) is 35.3 Å². The first kappa shape index (κ1) is 28.7. The molecule has 3 heterocycles. The van der Waals surface area contributed by atoms with Crippen molar-refractivity contribution in [2.24, 2.45) is 5.92 Å². The number of fused-ring (bicyclic) bond motifs is 1. The summed E-state index contributed by atoms with van der Waals surface area (Å²) in [6.45, 7) is 8.09. The molecule has 1 unspecified atom stereocenters. The van der Waals surface area contributed by atoms with E-state index < -0.39 is 11.6 Å². The van der Waals surface area contributed by atoms with E-state index in [1.54, 1.807) is 19.3 Å². The fourth-order valence-electron chi connectivity index (χ4n) is 4.25. The third-order valence-corrected chi connectivity index (χ3v) is 7.82. The van der Waals surface area contributed by atoms with E-state index in [-0.39, 0.29) is 10.6 Å². The van der Waals surface area contributed by atoms with Crippen molar-refractivity contribution in [3.63, 3.8) is 0 Å². The zero-order valence-electron chi connectivity index (χ0n) is 22.3. The lowest BCUT2D eigenvalue weighted by Gasteiger charge is -2.16. The zero-order chi connectivity index (χ0) is 28.1. The Morgan fingerprint density at radius 1 is 1.08 bits per heavy atom. The number of aryl methyl sites for hydroxylation is 1. The van der Waals surface area contributed by atoms with E-state index in [2.05, 4.69) is 29.6 Å². The minimum Gasteiger partial charge on any atom is -0.308 e. The number of benzene rings is 1. The number of hydrogen-bond donors (Lipinski definition) is 1. The molecule has 0 fully saturated rings. The topological polar surface area (TPSA) is 62.5 Å². The molecule has 0 aliphatic heterocycles. The second-order valence-electron chi connectivity index (χ2n) is 9.75. The Morgan fingerprint density at radius 3 is 2.59 bits per heavy atom. The highest BCUT2D eigenvalue weighted by molar-refractivity contribution is 7.42. The first-order valence-electron chi connectivity index (χ1n) is 12.7. The van der Waals surface area contributed by atoms with Gasteiger partial charge in [0.15, 0.2) is 0 Å². The lowest BCUT2D eigenvalue weighted by molar-refractivity contribution is 0.581. The number of allylic oxidation sites excluding steroid dienone is 2. The predicted octanol–water partition coefficient (Wildman–Crippen LogP) is 8.96. The van der Waals surface area contributed by atoms with Crippen molar-refractivity contribution in [2.45, 2.75) is 34.1 Å². The van der Waals surface area contributed by atoms with Crippen molar-refractivity contribution in [2.75, 3.05) is 6.16 Å². The van der Waals surface area contributed by atoms with Crippen LogP contribution < -0.4 is 0 Å². The van der Waals surface area contributed by atoms with Crippen LogP contribution >= 0.6 is 20.2 Å². The van der Waals surface area contributed by atoms with Crippen molar-refractivity contribution in [1.82, 2.24) is 15.0 Å². The fraction of sp³-hybridized carbons (Fsp3) is 0.226. The van der Waals surface area contributed by atoms with Crippen LogP contribution in [-0.2, 0) is 0 Å². The molecular formula is C31H30ClF2N4P. The molecule has 0 bridgehead atoms. The third kappa shape index (κ3) is 6.63. The fourth-order valence-corrected chi connectivity index (χ4v) is 5.77. The molecule has 0 radical (unpaired) electrons. The van der Waals surface area contributed by atoms with E-state index in [4.69, 9.17) is 22.0 Å². The maximum Gasteiger partial charge on any atom is 0.144 e. The summed E-state index contributed by atoms with van der Waals surface area (Å²) in [4.78, 5) is 14.1. The summed E-state index contributed by atoms with van der Waals surface area (Å²) in [5, 5.41) is 7.79. The molecule has 0 amide bonds. The summed E-state index contributed by atoms with van der Waals surface area (Å²) in [7, 11) is 0.615. The van der Waals surface area contributed by atoms with Gasteiger partial charge in [-0.3, -0.25) is 9.97 Å². The van der Waals surface area contributed by atoms with E-state index in [0.29, 0.717) is 48.1 Å². The second kappa shape index (κ2) is 12.7. The average molecular weight is 563 g/mol. The van der Waals surface area contributed by atoms with Crippen molar-refractivity contribution in [1.29, 1.82) is 5.41 Å². The minimum atomic E-state index is -0.816. The minimum absolute atomic E-state index is 0.164. The Morgan fingerprint density at radius 2 is 1.87 bits per heavy atom. The molecule has 200 valence electrons. The molecule has 0 aliphatic carbocycles. The van der Waals surface area contributed by atoms with Crippen LogP contribution in [0.2, 0.25) is 5.02 Å². The van der Waals surface area contributed by atoms with Crippen LogP contribution in [0.4, 0.5) is 8.78 Å². The van der Waals surface area contributed by atoms with Gasteiger partial charge in [-0.15, -0.1) is 0 Å². The standard InChI is InChI=1S/C31H30ClF2N4P/c1-18(2)9-11-39-17-22(15-35)21-12-29-27(37-16-21)7-8-28(38-29)30(31-19(3)6-5-10-36-31)20(4)23-13-24(32)26(34)14-25(23)33/h5-8,10,12-18,35,39H,9,11H2,1-4H3/b22-17+,30-20+,35-15?. The summed E-state index contributed by atoms with van der Waals surface area (Å²) in [5.74, 6) is 1.20. The smallest absolute Gasteiger partial charge is 0.144 e. The Labute approximate surface area is 234 Å². The molecule has 1 aromatic carbocycles. The highest BCUT2D eigenvalue weighted by atomic mass is 35.5. The number of pyridine rings is 3. The number of hydrogen-bond acceptors (Lipinski definition) is 4. The van der Waals surface area contributed by atoms with Gasteiger partial charge >= 0.3 is 0 Å². The largest absolute Gasteiger partial charge is 0.308 e. The summed E-state index contributed by atoms with van der Waals surface area (Å²) >= 11 is 6.03. The number of aromatic nitrogens is 3. The van der Waals surface area contributed by atoms with Crippen LogP contribution in [0.15, 0.2) is 60.7 Å². The molecular weight excluding hydrogens is 533 g/mol. The lowest BCUT2D eigenvalue weighted by Crippen LogP contribution is -2.02. The number of nitrogens with zero attached hydrogens (tertiary/aromatic N) is 3. The van der Waals surface area contributed by atoms with Gasteiger partial charge in [-0.2, -0.15) is 0 Å². The van der Waals surface area contributed by atoms with Crippen LogP contribution in [0.5, 0.6) is 0 Å². The van der Waals surface area contributed by atoms with Gasteiger partial charge in [0, 0.05) is 46.9 Å². The molecule has 1 N–H and O–H groups in total. The molecule has 0 saturated heterocycles. The quantitative estimate of drug-likeness (QED) is 0.0958. The molecule has 4 aromatic rings. The SMILES string of the molecule is C/C(=C(/c1ccc2ncc(/C(C=N)=C/PCCC(C)C)cc2n1)c1ncccc1C)c1cc(Cl)c(F)cc1F. The third-order valence-electron chi connectivity index (χ3n) is 6.44. The molecule has 1 atom stereocenters. The van der Waals surface area contributed by atoms with Gasteiger partial charge in [0.25, 0.3) is 0 Å². The molecule has 4 nitrogen and oxygen atoms in total. The highest BCUT2D eigenvalue weighted by Crippen LogP contribution is 2.35. The zero-order valence-corrected chi connectivity index (χ0v) is 24.1. The van der Waals surface area contributed by atoms with Gasteiger partial charge in [-0.05, 0) is 73.8 Å². The average Bonchev–Trinajstić information content (AvgIpc) is 2.91. The van der Waals surface area contributed by atoms with E-state index in [1.165, 1.54) is 12.3 Å². The maximum atomic E-state index is 15.0. The summed E-state index contributed by atoms with van der Waals surface area (Å²) in [6.07, 6.45) is 7.00. The second-order valence-corrected chi connectivity index (χ2v) is 11.4. The van der Waals surface area contributed by atoms with Crippen LogP contribution in [-0.4, -0.2) is 27.3 Å². The first-order valence-corrected chi connectivity index (χ1v) is 14.3. The molecule has 0 aliphatic rings. The van der Waals surface area contributed by atoms with Gasteiger partial charge in [-0.1, -0.05) is 45.9 Å². The van der Waals surface area contributed by atoms with Crippen LogP contribution in [0.25, 0.3) is 27.8 Å². The van der Waals surface area contributed by atoms with Crippen LogP contribution in [0, 0.1) is 29.9 Å². The normalized spacial score (nSPS) is 13.0. The predicted molar refractivity (Wildman–Crippen MR) is 161 cm³/mol. The number of nitrogens with one attached hydrogen (secondary N) is 1. The maximum absolute atomic E-state index is 15.0. The Balaban J connectivity index is 1.87. The van der Waals surface area contributed by atoms with Gasteiger partial charge in [0.1, 0.15) is 11.6 Å². The molecule has 8 heteroatoms. The first-order chi connectivity index (χ1) is 18.7. The monoisotopic (exact) mass is 562 g/mol. The van der Waals surface area contributed by atoms with Gasteiger partial charge in [0.05, 0.1) is 27.4 Å².